The summed E-state index contributed by atoms with van der Waals surface area (Å²) in [5.74, 6) is -7.00. The van der Waals surface area contributed by atoms with Crippen molar-refractivity contribution < 1.29 is 67.0 Å². The molecule has 0 amide bonds. The van der Waals surface area contributed by atoms with Crippen molar-refractivity contribution >= 4 is 35.8 Å². The minimum absolute atomic E-state index is 0.00504. The van der Waals surface area contributed by atoms with Gasteiger partial charge in [-0.2, -0.15) is 0 Å². The molecule has 2 heterocycles. The van der Waals surface area contributed by atoms with E-state index in [0.717, 1.165) is 20.8 Å². The first-order valence-electron chi connectivity index (χ1n) is 17.8. The van der Waals surface area contributed by atoms with Crippen molar-refractivity contribution in [3.63, 3.8) is 0 Å². The molecule has 0 unspecified atom stereocenters. The van der Waals surface area contributed by atoms with E-state index in [4.69, 9.17) is 33.2 Å². The van der Waals surface area contributed by atoms with Gasteiger partial charge in [-0.25, -0.2) is 9.59 Å². The van der Waals surface area contributed by atoms with Gasteiger partial charge in [-0.1, -0.05) is 32.0 Å². The van der Waals surface area contributed by atoms with Gasteiger partial charge in [0.25, 0.3) is 0 Å². The van der Waals surface area contributed by atoms with Gasteiger partial charge in [-0.3, -0.25) is 24.2 Å². The van der Waals surface area contributed by atoms with Crippen LogP contribution in [0.2, 0.25) is 0 Å². The minimum atomic E-state index is -2.33. The van der Waals surface area contributed by atoms with Gasteiger partial charge < -0.3 is 38.3 Å². The number of pyridine rings is 1. The normalized spacial score (nSPS) is 32.5. The number of hydrogen-bond donors (Lipinski definition) is 1. The van der Waals surface area contributed by atoms with E-state index in [9.17, 15) is 33.9 Å². The number of rotatable bonds is 11. The lowest BCUT2D eigenvalue weighted by Crippen LogP contribution is -2.85. The molecule has 2 aromatic rings. The number of carbonyl (C=O) groups excluding carboxylic acids is 6. The van der Waals surface area contributed by atoms with Gasteiger partial charge in [-0.05, 0) is 51.5 Å². The molecule has 3 fully saturated rings. The summed E-state index contributed by atoms with van der Waals surface area (Å²) in [6.45, 7) is 10.5. The number of benzene rings is 1. The second kappa shape index (κ2) is 15.1. The standard InChI is InChI=1S/C39H47NO14/c1-9-21(2)33(44)48-20-38-30(50-23(4)42)27(49-22(3)41)18-37(8,47)39(38)31(51-24(5)43)28(36(6,7)54-39)29(52-35(46)26-16-13-17-40-19-26)32(38)53-34(45)25-14-11-10-12-15-25/h10-17,19,21,27-32,47H,9,18,20H2,1-8H3/t21-,27+,28-,29-,30+,31-,32+,37+,38+,39+/m1/s1. The quantitative estimate of drug-likeness (QED) is 0.258. The molecule has 2 saturated carbocycles. The molecule has 5 rings (SSSR count). The summed E-state index contributed by atoms with van der Waals surface area (Å²) in [5, 5.41) is 12.9. The van der Waals surface area contributed by atoms with Gasteiger partial charge in [0.05, 0.1) is 34.2 Å². The van der Waals surface area contributed by atoms with E-state index in [0.29, 0.717) is 6.42 Å². The molecule has 1 saturated heterocycles. The fraction of sp³-hybridized carbons (Fsp3) is 0.564. The van der Waals surface area contributed by atoms with Crippen LogP contribution in [0.15, 0.2) is 54.9 Å². The molecule has 54 heavy (non-hydrogen) atoms. The van der Waals surface area contributed by atoms with Crippen LogP contribution in [0.3, 0.4) is 0 Å². The number of fused-ring (bicyclic) bond motifs is 1. The van der Waals surface area contributed by atoms with Crippen LogP contribution >= 0.6 is 0 Å². The third kappa shape index (κ3) is 6.94. The van der Waals surface area contributed by atoms with Crippen molar-refractivity contribution in [2.75, 3.05) is 6.61 Å². The zero-order chi connectivity index (χ0) is 39.8. The van der Waals surface area contributed by atoms with Gasteiger partial charge in [0.1, 0.15) is 30.3 Å². The Bertz CT molecular complexity index is 1760. The highest BCUT2D eigenvalue weighted by Gasteiger charge is 2.89. The van der Waals surface area contributed by atoms with Gasteiger partial charge in [-0.15, -0.1) is 0 Å². The Labute approximate surface area is 312 Å². The second-order valence-electron chi connectivity index (χ2n) is 14.9. The molecule has 2 bridgehead atoms. The van der Waals surface area contributed by atoms with Crippen LogP contribution < -0.4 is 0 Å². The average Bonchev–Trinajstić information content (AvgIpc) is 3.31. The maximum absolute atomic E-state index is 14.3. The molecule has 1 spiro atoms. The Morgan fingerprint density at radius 2 is 1.41 bits per heavy atom. The molecule has 15 heteroatoms. The number of nitrogens with zero attached hydrogens (tertiary/aromatic N) is 1. The number of aromatic nitrogens is 1. The molecule has 15 nitrogen and oxygen atoms in total. The third-order valence-corrected chi connectivity index (χ3v) is 10.8. The van der Waals surface area contributed by atoms with Crippen LogP contribution in [0.5, 0.6) is 0 Å². The Kier molecular flexibility index (Phi) is 11.3. The minimum Gasteiger partial charge on any atom is -0.464 e. The molecule has 1 N–H and O–H groups in total. The molecule has 1 aromatic heterocycles. The van der Waals surface area contributed by atoms with Crippen LogP contribution in [0.1, 0.15) is 88.9 Å². The van der Waals surface area contributed by atoms with E-state index in [1.807, 2.05) is 0 Å². The van der Waals surface area contributed by atoms with E-state index in [1.54, 1.807) is 45.9 Å². The van der Waals surface area contributed by atoms with Crippen LogP contribution in [-0.4, -0.2) is 99.8 Å². The SMILES string of the molecule is CC[C@@H](C)C(=O)OC[C@]12[C@@H](OC(=O)c3ccccc3)[C@H](OC(=O)c3cccnc3)[C@@H]3[C@@H](OC(C)=O)[C@]1(OC3(C)C)[C@@](C)(O)C[C@H](OC(C)=O)[C@@H]2OC(C)=O. The Balaban J connectivity index is 1.91. The zero-order valence-corrected chi connectivity index (χ0v) is 31.6. The average molecular weight is 754 g/mol. The molecule has 3 aliphatic rings. The number of aliphatic hydroxyl groups is 1. The summed E-state index contributed by atoms with van der Waals surface area (Å²) in [4.78, 5) is 84.9. The predicted octanol–water partition coefficient (Wildman–Crippen LogP) is 3.54. The van der Waals surface area contributed by atoms with E-state index >= 15 is 0 Å². The van der Waals surface area contributed by atoms with E-state index in [-0.39, 0.29) is 11.1 Å². The van der Waals surface area contributed by atoms with Crippen molar-refractivity contribution in [2.45, 2.75) is 116 Å². The van der Waals surface area contributed by atoms with Crippen molar-refractivity contribution in [3.05, 3.63) is 66.0 Å². The number of carbonyl (C=O) groups is 6. The van der Waals surface area contributed by atoms with Crippen molar-refractivity contribution in [1.29, 1.82) is 0 Å². The lowest BCUT2D eigenvalue weighted by Gasteiger charge is -2.66. The first-order chi connectivity index (χ1) is 25.3. The summed E-state index contributed by atoms with van der Waals surface area (Å²) in [6, 6.07) is 10.8. The molecule has 1 aliphatic heterocycles. The predicted molar refractivity (Wildman–Crippen MR) is 185 cm³/mol. The van der Waals surface area contributed by atoms with Crippen LogP contribution in [-0.2, 0) is 52.3 Å². The molecule has 2 aliphatic carbocycles. The summed E-state index contributed by atoms with van der Waals surface area (Å²) >= 11 is 0. The second-order valence-corrected chi connectivity index (χ2v) is 14.9. The molecular formula is C39H47NO14. The molecule has 10 atom stereocenters. The highest BCUT2D eigenvalue weighted by molar-refractivity contribution is 5.90. The van der Waals surface area contributed by atoms with E-state index in [1.165, 1.54) is 43.6 Å². The molecule has 292 valence electrons. The topological polar surface area (TPSA) is 200 Å². The first-order valence-corrected chi connectivity index (χ1v) is 17.8. The molecular weight excluding hydrogens is 706 g/mol. The van der Waals surface area contributed by atoms with Crippen molar-refractivity contribution in [3.8, 4) is 0 Å². The fourth-order valence-electron chi connectivity index (χ4n) is 8.57. The van der Waals surface area contributed by atoms with Gasteiger partial charge >= 0.3 is 35.8 Å². The summed E-state index contributed by atoms with van der Waals surface area (Å²) in [7, 11) is 0. The Morgan fingerprint density at radius 1 is 0.815 bits per heavy atom. The molecule has 0 radical (unpaired) electrons. The highest BCUT2D eigenvalue weighted by Crippen LogP contribution is 2.69. The monoisotopic (exact) mass is 753 g/mol. The van der Waals surface area contributed by atoms with Gasteiger partial charge in [0.15, 0.2) is 17.8 Å². The number of hydrogen-bond acceptors (Lipinski definition) is 15. The lowest BCUT2D eigenvalue weighted by molar-refractivity contribution is -0.363. The molecule has 1 aromatic carbocycles. The third-order valence-electron chi connectivity index (χ3n) is 10.8. The van der Waals surface area contributed by atoms with Crippen molar-refractivity contribution in [1.82, 2.24) is 4.98 Å². The summed E-state index contributed by atoms with van der Waals surface area (Å²) < 4.78 is 43.6. The number of esters is 6. The van der Waals surface area contributed by atoms with Crippen LogP contribution in [0.25, 0.3) is 0 Å². The van der Waals surface area contributed by atoms with Crippen LogP contribution in [0, 0.1) is 17.3 Å². The maximum Gasteiger partial charge on any atom is 0.340 e. The largest absolute Gasteiger partial charge is 0.464 e. The maximum atomic E-state index is 14.3. The number of ether oxygens (including phenoxy) is 7. The smallest absolute Gasteiger partial charge is 0.340 e. The Morgan fingerprint density at radius 3 is 1.98 bits per heavy atom. The van der Waals surface area contributed by atoms with Gasteiger partial charge in [0.2, 0.25) is 0 Å². The van der Waals surface area contributed by atoms with Crippen molar-refractivity contribution in [2.24, 2.45) is 17.3 Å². The highest BCUT2D eigenvalue weighted by atomic mass is 16.7. The zero-order valence-electron chi connectivity index (χ0n) is 31.6. The summed E-state index contributed by atoms with van der Waals surface area (Å²) in [6.07, 6.45) is -5.62. The first kappa shape index (κ1) is 40.3. The van der Waals surface area contributed by atoms with Gasteiger partial charge in [0, 0.05) is 39.6 Å². The Hall–Kier alpha value is -4.89. The fourth-order valence-corrected chi connectivity index (χ4v) is 8.57. The lowest BCUT2D eigenvalue weighted by atomic mass is 9.45. The van der Waals surface area contributed by atoms with E-state index in [2.05, 4.69) is 4.98 Å². The summed E-state index contributed by atoms with van der Waals surface area (Å²) in [5.41, 5.74) is -8.23. The van der Waals surface area contributed by atoms with Crippen LogP contribution in [0.4, 0.5) is 0 Å². The van der Waals surface area contributed by atoms with E-state index < -0.39 is 113 Å².